The summed E-state index contributed by atoms with van der Waals surface area (Å²) in [5.41, 5.74) is 5.29. The molecule has 1 rings (SSSR count). The molecule has 3 nitrogen and oxygen atoms in total. The van der Waals surface area contributed by atoms with Crippen LogP contribution in [0.2, 0.25) is 0 Å². The molecule has 96 valence electrons. The average Bonchev–Trinajstić information content (AvgIpc) is 2.24. The van der Waals surface area contributed by atoms with E-state index in [1.165, 1.54) is 18.2 Å². The van der Waals surface area contributed by atoms with E-state index in [4.69, 9.17) is 10.5 Å². The first-order valence-corrected chi connectivity index (χ1v) is 5.20. The van der Waals surface area contributed by atoms with Gasteiger partial charge in [0.1, 0.15) is 0 Å². The van der Waals surface area contributed by atoms with Gasteiger partial charge in [0.2, 0.25) is 0 Å². The summed E-state index contributed by atoms with van der Waals surface area (Å²) < 4.78 is 45.3. The fourth-order valence-electron chi connectivity index (χ4n) is 1.21. The van der Waals surface area contributed by atoms with Crippen LogP contribution in [-0.2, 0) is 0 Å². The summed E-state index contributed by atoms with van der Waals surface area (Å²) in [5.74, 6) is -0.241. The van der Waals surface area contributed by atoms with E-state index in [0.717, 1.165) is 6.42 Å². The maximum Gasteiger partial charge on any atom is 0.573 e. The number of ether oxygens (including phenoxy) is 2. The molecule has 0 bridgehead atoms. The molecule has 17 heavy (non-hydrogen) atoms. The zero-order valence-corrected chi connectivity index (χ0v) is 9.17. The van der Waals surface area contributed by atoms with Crippen LogP contribution in [0, 0.1) is 0 Å². The number of rotatable bonds is 6. The van der Waals surface area contributed by atoms with Crippen molar-refractivity contribution in [2.45, 2.75) is 19.2 Å². The van der Waals surface area contributed by atoms with E-state index in [1.807, 2.05) is 0 Å². The first kappa shape index (κ1) is 13.6. The highest BCUT2D eigenvalue weighted by atomic mass is 19.4. The molecule has 0 fully saturated rings. The third kappa shape index (κ3) is 5.44. The van der Waals surface area contributed by atoms with Crippen molar-refractivity contribution in [3.8, 4) is 11.5 Å². The summed E-state index contributed by atoms with van der Waals surface area (Å²) in [6.07, 6.45) is -3.25. The fourth-order valence-corrected chi connectivity index (χ4v) is 1.21. The molecule has 6 heteroatoms. The minimum Gasteiger partial charge on any atom is -0.490 e. The number of benzene rings is 1. The zero-order valence-electron chi connectivity index (χ0n) is 9.17. The average molecular weight is 249 g/mol. The highest BCUT2D eigenvalue weighted by Gasteiger charge is 2.32. The third-order valence-electron chi connectivity index (χ3n) is 1.93. The molecule has 0 aromatic heterocycles. The van der Waals surface area contributed by atoms with Crippen LogP contribution in [0.4, 0.5) is 13.2 Å². The molecule has 0 atom stereocenters. The van der Waals surface area contributed by atoms with Crippen molar-refractivity contribution in [3.63, 3.8) is 0 Å². The predicted octanol–water partition coefficient (Wildman–Crippen LogP) is 2.70. The molecule has 0 saturated carbocycles. The predicted molar refractivity (Wildman–Crippen MR) is 56.9 cm³/mol. The minimum absolute atomic E-state index is 0.0850. The van der Waals surface area contributed by atoms with Crippen LogP contribution in [0.3, 0.4) is 0 Å². The molecule has 0 aliphatic carbocycles. The lowest BCUT2D eigenvalue weighted by Crippen LogP contribution is -2.17. The van der Waals surface area contributed by atoms with Gasteiger partial charge in [-0.3, -0.25) is 0 Å². The van der Waals surface area contributed by atoms with Crippen molar-refractivity contribution < 1.29 is 22.6 Å². The number of hydrogen-bond acceptors (Lipinski definition) is 3. The van der Waals surface area contributed by atoms with Crippen LogP contribution in [0.15, 0.2) is 24.3 Å². The summed E-state index contributed by atoms with van der Waals surface area (Å²) >= 11 is 0. The van der Waals surface area contributed by atoms with E-state index < -0.39 is 6.36 Å². The van der Waals surface area contributed by atoms with Gasteiger partial charge >= 0.3 is 6.36 Å². The molecule has 0 radical (unpaired) electrons. The van der Waals surface area contributed by atoms with Crippen molar-refractivity contribution in [1.29, 1.82) is 0 Å². The van der Waals surface area contributed by atoms with Crippen molar-refractivity contribution in [1.82, 2.24) is 0 Å². The van der Waals surface area contributed by atoms with Crippen molar-refractivity contribution in [2.24, 2.45) is 5.73 Å². The van der Waals surface area contributed by atoms with Gasteiger partial charge in [-0.05, 0) is 31.5 Å². The molecule has 1 aromatic rings. The first-order chi connectivity index (χ1) is 8.03. The van der Waals surface area contributed by atoms with E-state index >= 15 is 0 Å². The number of unbranched alkanes of at least 4 members (excludes halogenated alkanes) is 1. The Bertz CT molecular complexity index is 342. The zero-order chi connectivity index (χ0) is 12.7. The Labute approximate surface area is 97.3 Å². The van der Waals surface area contributed by atoms with Gasteiger partial charge in [0.05, 0.1) is 6.61 Å². The van der Waals surface area contributed by atoms with E-state index in [0.29, 0.717) is 19.6 Å². The third-order valence-corrected chi connectivity index (χ3v) is 1.93. The Hall–Kier alpha value is -1.43. The van der Waals surface area contributed by atoms with Gasteiger partial charge in [-0.1, -0.05) is 12.1 Å². The number of nitrogens with two attached hydrogens (primary N) is 1. The van der Waals surface area contributed by atoms with E-state index in [9.17, 15) is 13.2 Å². The summed E-state index contributed by atoms with van der Waals surface area (Å²) in [6, 6.07) is 5.69. The fraction of sp³-hybridized carbons (Fsp3) is 0.455. The largest absolute Gasteiger partial charge is 0.573 e. The Morgan fingerprint density at radius 3 is 2.29 bits per heavy atom. The minimum atomic E-state index is -4.71. The lowest BCUT2D eigenvalue weighted by molar-refractivity contribution is -0.275. The summed E-state index contributed by atoms with van der Waals surface area (Å²) in [4.78, 5) is 0. The maximum atomic E-state index is 12.1. The number of hydrogen-bond donors (Lipinski definition) is 1. The van der Waals surface area contributed by atoms with Gasteiger partial charge in [0.25, 0.3) is 0 Å². The van der Waals surface area contributed by atoms with Gasteiger partial charge < -0.3 is 15.2 Å². The molecule has 0 saturated heterocycles. The SMILES string of the molecule is NCCCCOc1ccccc1OC(F)(F)F. The van der Waals surface area contributed by atoms with Gasteiger partial charge in [0, 0.05) is 0 Å². The van der Waals surface area contributed by atoms with Crippen LogP contribution < -0.4 is 15.2 Å². The van der Waals surface area contributed by atoms with E-state index in [2.05, 4.69) is 4.74 Å². The summed E-state index contributed by atoms with van der Waals surface area (Å²) in [5, 5.41) is 0. The molecule has 0 spiro atoms. The summed E-state index contributed by atoms with van der Waals surface area (Å²) in [7, 11) is 0. The van der Waals surface area contributed by atoms with Crippen molar-refractivity contribution >= 4 is 0 Å². The number of halogens is 3. The molecule has 0 aliphatic rings. The highest BCUT2D eigenvalue weighted by molar-refractivity contribution is 5.39. The van der Waals surface area contributed by atoms with Gasteiger partial charge in [-0.25, -0.2) is 0 Å². The molecular formula is C11H14F3NO2. The monoisotopic (exact) mass is 249 g/mol. The smallest absolute Gasteiger partial charge is 0.490 e. The normalized spacial score (nSPS) is 11.3. The van der Waals surface area contributed by atoms with E-state index in [1.54, 1.807) is 6.07 Å². The second-order valence-corrected chi connectivity index (χ2v) is 3.34. The van der Waals surface area contributed by atoms with Gasteiger partial charge in [0.15, 0.2) is 11.5 Å². The van der Waals surface area contributed by atoms with Crippen molar-refractivity contribution in [2.75, 3.05) is 13.2 Å². The van der Waals surface area contributed by atoms with Crippen LogP contribution >= 0.6 is 0 Å². The quantitative estimate of drug-likeness (QED) is 0.788. The molecule has 0 unspecified atom stereocenters. The topological polar surface area (TPSA) is 44.5 Å². The van der Waals surface area contributed by atoms with Crippen molar-refractivity contribution in [3.05, 3.63) is 24.3 Å². The second kappa shape index (κ2) is 6.34. The van der Waals surface area contributed by atoms with Crippen LogP contribution in [-0.4, -0.2) is 19.5 Å². The van der Waals surface area contributed by atoms with Crippen LogP contribution in [0.25, 0.3) is 0 Å². The number of para-hydroxylation sites is 2. The molecule has 1 aromatic carbocycles. The molecule has 2 N–H and O–H groups in total. The Morgan fingerprint density at radius 1 is 1.06 bits per heavy atom. The standard InChI is InChI=1S/C11H14F3NO2/c12-11(13,14)17-10-6-2-1-5-9(10)16-8-4-3-7-15/h1-2,5-6H,3-4,7-8,15H2. The second-order valence-electron chi connectivity index (χ2n) is 3.34. The van der Waals surface area contributed by atoms with Crippen LogP contribution in [0.5, 0.6) is 11.5 Å². The van der Waals surface area contributed by atoms with E-state index in [-0.39, 0.29) is 11.5 Å². The molecule has 0 amide bonds. The van der Waals surface area contributed by atoms with Crippen LogP contribution in [0.1, 0.15) is 12.8 Å². The Kier molecular flexibility index (Phi) is 5.09. The Morgan fingerprint density at radius 2 is 1.71 bits per heavy atom. The lowest BCUT2D eigenvalue weighted by atomic mass is 10.3. The highest BCUT2D eigenvalue weighted by Crippen LogP contribution is 2.31. The molecular weight excluding hydrogens is 235 g/mol. The first-order valence-electron chi connectivity index (χ1n) is 5.20. The molecule has 0 aliphatic heterocycles. The summed E-state index contributed by atoms with van der Waals surface area (Å²) in [6.45, 7) is 0.847. The van der Waals surface area contributed by atoms with Gasteiger partial charge in [-0.2, -0.15) is 0 Å². The maximum absolute atomic E-state index is 12.1. The van der Waals surface area contributed by atoms with Gasteiger partial charge in [-0.15, -0.1) is 13.2 Å². The lowest BCUT2D eigenvalue weighted by Gasteiger charge is -2.13. The molecule has 0 heterocycles. The Balaban J connectivity index is 2.58. The number of alkyl halides is 3.